The summed E-state index contributed by atoms with van der Waals surface area (Å²) < 4.78 is 25.9. The topological polar surface area (TPSA) is 62.0 Å². The van der Waals surface area contributed by atoms with Gasteiger partial charge in [-0.25, -0.2) is 4.39 Å². The number of H-pyrrole nitrogens is 1. The molecular formula is C28H23FN2O2S. The minimum atomic E-state index is -1.04. The number of carbonyl (C=O) groups excluding carboxylic acids is 1. The van der Waals surface area contributed by atoms with E-state index in [0.29, 0.717) is 0 Å². The van der Waals surface area contributed by atoms with Crippen LogP contribution >= 0.6 is 0 Å². The number of hydrogen-bond donors (Lipinski definition) is 2. The van der Waals surface area contributed by atoms with Crippen LogP contribution in [0, 0.1) is 5.82 Å². The number of allylic oxidation sites excluding steroid dienone is 2. The maximum atomic E-state index is 14.2. The number of amides is 1. The molecule has 4 aromatic rings. The van der Waals surface area contributed by atoms with E-state index in [9.17, 15) is 13.4 Å². The van der Waals surface area contributed by atoms with Crippen molar-refractivity contribution in [1.29, 1.82) is 0 Å². The molecule has 0 saturated carbocycles. The zero-order chi connectivity index (χ0) is 23.8. The van der Waals surface area contributed by atoms with Gasteiger partial charge in [0.2, 0.25) is 5.91 Å². The second-order valence-electron chi connectivity index (χ2n) is 8.38. The van der Waals surface area contributed by atoms with E-state index in [1.165, 1.54) is 12.1 Å². The van der Waals surface area contributed by atoms with Crippen LogP contribution in [0.2, 0.25) is 0 Å². The van der Waals surface area contributed by atoms with Gasteiger partial charge < -0.3 is 10.3 Å². The van der Waals surface area contributed by atoms with Crippen LogP contribution in [0.5, 0.6) is 0 Å². The van der Waals surface area contributed by atoms with Gasteiger partial charge in [-0.1, -0.05) is 18.2 Å². The molecule has 5 rings (SSSR count). The standard InChI is InChI=1S/C28H23FN2O2S/c1-17-24(13-18-3-7-22(8-4-18)34(2)33)23-9-5-20(29)15-26(23)25(17)16-28(32)31-21-6-10-27-19(14-21)11-12-30-27/h3-15,30H,16H2,1-2H3,(H,31,32)/b24-13+. The van der Waals surface area contributed by atoms with E-state index in [2.05, 4.69) is 10.3 Å². The predicted molar refractivity (Wildman–Crippen MR) is 137 cm³/mol. The van der Waals surface area contributed by atoms with Crippen molar-refractivity contribution < 1.29 is 13.4 Å². The molecule has 1 aliphatic rings. The normalized spacial score (nSPS) is 15.1. The maximum absolute atomic E-state index is 14.2. The van der Waals surface area contributed by atoms with Crippen molar-refractivity contribution in [2.24, 2.45) is 0 Å². The molecule has 0 fully saturated rings. The number of carbonyl (C=O) groups is 1. The maximum Gasteiger partial charge on any atom is 0.228 e. The fraction of sp³-hybridized carbons (Fsp3) is 0.107. The summed E-state index contributed by atoms with van der Waals surface area (Å²) in [6, 6.07) is 19.9. The number of rotatable bonds is 5. The average Bonchev–Trinajstić information content (AvgIpc) is 3.37. The molecule has 1 unspecified atom stereocenters. The van der Waals surface area contributed by atoms with Crippen molar-refractivity contribution in [2.75, 3.05) is 11.6 Å². The molecule has 170 valence electrons. The number of fused-ring (bicyclic) bond motifs is 2. The Morgan fingerprint density at radius 2 is 1.82 bits per heavy atom. The summed E-state index contributed by atoms with van der Waals surface area (Å²) in [5, 5.41) is 3.99. The minimum Gasteiger partial charge on any atom is -0.361 e. The van der Waals surface area contributed by atoms with E-state index in [-0.39, 0.29) is 18.1 Å². The SMILES string of the molecule is CC1=C(CC(=O)Nc2ccc3[nH]ccc3c2)c2cc(F)ccc2/C1=C/c1ccc(S(C)=O)cc1. The molecule has 0 bridgehead atoms. The van der Waals surface area contributed by atoms with E-state index in [1.54, 1.807) is 12.3 Å². The molecule has 1 heterocycles. The zero-order valence-electron chi connectivity index (χ0n) is 18.8. The van der Waals surface area contributed by atoms with Gasteiger partial charge in [-0.05, 0) is 94.9 Å². The molecule has 3 aromatic carbocycles. The van der Waals surface area contributed by atoms with Crippen molar-refractivity contribution in [1.82, 2.24) is 4.98 Å². The molecule has 1 aromatic heterocycles. The second kappa shape index (κ2) is 8.88. The van der Waals surface area contributed by atoms with Crippen LogP contribution in [-0.2, 0) is 15.6 Å². The Morgan fingerprint density at radius 1 is 1.03 bits per heavy atom. The highest BCUT2D eigenvalue weighted by atomic mass is 32.2. The van der Waals surface area contributed by atoms with Crippen LogP contribution in [-0.4, -0.2) is 21.4 Å². The van der Waals surface area contributed by atoms with E-state index in [1.807, 2.05) is 67.7 Å². The van der Waals surface area contributed by atoms with Gasteiger partial charge >= 0.3 is 0 Å². The van der Waals surface area contributed by atoms with Crippen LogP contribution < -0.4 is 5.32 Å². The Morgan fingerprint density at radius 3 is 2.59 bits per heavy atom. The highest BCUT2D eigenvalue weighted by Gasteiger charge is 2.26. The smallest absolute Gasteiger partial charge is 0.228 e. The third-order valence-corrected chi connectivity index (χ3v) is 7.09. The van der Waals surface area contributed by atoms with Crippen LogP contribution in [0.4, 0.5) is 10.1 Å². The number of anilines is 1. The minimum absolute atomic E-state index is 0.137. The largest absolute Gasteiger partial charge is 0.361 e. The lowest BCUT2D eigenvalue weighted by atomic mass is 10.0. The summed E-state index contributed by atoms with van der Waals surface area (Å²) in [7, 11) is -1.04. The quantitative estimate of drug-likeness (QED) is 0.354. The van der Waals surface area contributed by atoms with Gasteiger partial charge in [0.25, 0.3) is 0 Å². The molecule has 1 aliphatic carbocycles. The Hall–Kier alpha value is -3.77. The van der Waals surface area contributed by atoms with Crippen molar-refractivity contribution in [2.45, 2.75) is 18.2 Å². The number of aromatic nitrogens is 1. The van der Waals surface area contributed by atoms with Crippen molar-refractivity contribution in [3.63, 3.8) is 0 Å². The van der Waals surface area contributed by atoms with Gasteiger partial charge in [-0.2, -0.15) is 0 Å². The fourth-order valence-corrected chi connectivity index (χ4v) is 4.92. The summed E-state index contributed by atoms with van der Waals surface area (Å²) in [4.78, 5) is 16.9. The molecule has 1 amide bonds. The molecule has 2 N–H and O–H groups in total. The Balaban J connectivity index is 1.46. The van der Waals surface area contributed by atoms with Crippen LogP contribution in [0.15, 0.2) is 83.4 Å². The van der Waals surface area contributed by atoms with Gasteiger partial charge in [0.1, 0.15) is 5.82 Å². The summed E-state index contributed by atoms with van der Waals surface area (Å²) in [6.07, 6.45) is 5.67. The molecule has 0 spiro atoms. The van der Waals surface area contributed by atoms with Gasteiger partial charge in [0.05, 0.1) is 6.42 Å². The van der Waals surface area contributed by atoms with Crippen LogP contribution in [0.25, 0.3) is 28.1 Å². The van der Waals surface area contributed by atoms with E-state index < -0.39 is 10.8 Å². The van der Waals surface area contributed by atoms with Gasteiger partial charge in [0.15, 0.2) is 0 Å². The summed E-state index contributed by atoms with van der Waals surface area (Å²) in [5.41, 5.74) is 7.03. The van der Waals surface area contributed by atoms with Gasteiger partial charge in [-0.15, -0.1) is 0 Å². The molecule has 0 aliphatic heterocycles. The van der Waals surface area contributed by atoms with Gasteiger partial charge in [0, 0.05) is 44.7 Å². The monoisotopic (exact) mass is 470 g/mol. The highest BCUT2D eigenvalue weighted by molar-refractivity contribution is 7.84. The Bertz CT molecular complexity index is 1510. The third-order valence-electron chi connectivity index (χ3n) is 6.15. The first-order valence-corrected chi connectivity index (χ1v) is 12.5. The van der Waals surface area contributed by atoms with E-state index >= 15 is 0 Å². The predicted octanol–water partition coefficient (Wildman–Crippen LogP) is 6.40. The summed E-state index contributed by atoms with van der Waals surface area (Å²) in [6.45, 7) is 1.97. The van der Waals surface area contributed by atoms with E-state index in [4.69, 9.17) is 0 Å². The molecular weight excluding hydrogens is 447 g/mol. The second-order valence-corrected chi connectivity index (χ2v) is 9.76. The number of aromatic amines is 1. The molecule has 0 radical (unpaired) electrons. The number of hydrogen-bond acceptors (Lipinski definition) is 2. The average molecular weight is 471 g/mol. The molecule has 4 nitrogen and oxygen atoms in total. The lowest BCUT2D eigenvalue weighted by Crippen LogP contribution is -2.12. The van der Waals surface area contributed by atoms with Crippen LogP contribution in [0.3, 0.4) is 0 Å². The van der Waals surface area contributed by atoms with Crippen molar-refractivity contribution in [3.8, 4) is 0 Å². The lowest BCUT2D eigenvalue weighted by molar-refractivity contribution is -0.115. The number of halogens is 1. The Labute approximate surface area is 199 Å². The first kappa shape index (κ1) is 22.0. The first-order chi connectivity index (χ1) is 16.4. The third kappa shape index (κ3) is 4.24. The Kier molecular flexibility index (Phi) is 5.75. The molecule has 6 heteroatoms. The van der Waals surface area contributed by atoms with Crippen molar-refractivity contribution >= 4 is 50.5 Å². The first-order valence-electron chi connectivity index (χ1n) is 10.9. The summed E-state index contributed by atoms with van der Waals surface area (Å²) >= 11 is 0. The number of benzene rings is 3. The zero-order valence-corrected chi connectivity index (χ0v) is 19.6. The molecule has 0 saturated heterocycles. The van der Waals surface area contributed by atoms with Crippen molar-refractivity contribution in [3.05, 3.63) is 101 Å². The molecule has 1 atom stereocenters. The number of nitrogens with one attached hydrogen (secondary N) is 2. The lowest BCUT2D eigenvalue weighted by Gasteiger charge is -2.09. The molecule has 34 heavy (non-hydrogen) atoms. The van der Waals surface area contributed by atoms with Crippen LogP contribution in [0.1, 0.15) is 30.0 Å². The van der Waals surface area contributed by atoms with E-state index in [0.717, 1.165) is 54.9 Å². The summed E-state index contributed by atoms with van der Waals surface area (Å²) in [5.74, 6) is -0.492. The fourth-order valence-electron chi connectivity index (χ4n) is 4.40. The van der Waals surface area contributed by atoms with Gasteiger partial charge in [-0.3, -0.25) is 9.00 Å². The highest BCUT2D eigenvalue weighted by Crippen LogP contribution is 2.44.